The lowest BCUT2D eigenvalue weighted by Gasteiger charge is -2.22. The molecule has 1 unspecified atom stereocenters. The SMILES string of the molecule is CCc1csc(NCC(C)(CC)C(=O)O)n1. The molecular weight excluding hydrogens is 224 g/mol. The third kappa shape index (κ3) is 2.95. The van der Waals surface area contributed by atoms with Crippen LogP contribution in [-0.2, 0) is 11.2 Å². The molecule has 4 nitrogen and oxygen atoms in total. The summed E-state index contributed by atoms with van der Waals surface area (Å²) in [6, 6.07) is 0. The number of aryl methyl sites for hydroxylation is 1. The molecule has 0 aliphatic heterocycles. The maximum absolute atomic E-state index is 11.1. The van der Waals surface area contributed by atoms with Crippen molar-refractivity contribution in [2.24, 2.45) is 5.41 Å². The van der Waals surface area contributed by atoms with Crippen molar-refractivity contribution in [3.63, 3.8) is 0 Å². The van der Waals surface area contributed by atoms with E-state index in [1.165, 1.54) is 11.3 Å². The van der Waals surface area contributed by atoms with Gasteiger partial charge in [-0.05, 0) is 19.8 Å². The smallest absolute Gasteiger partial charge is 0.311 e. The summed E-state index contributed by atoms with van der Waals surface area (Å²) in [6.45, 7) is 6.09. The molecule has 1 rings (SSSR count). The third-order valence-corrected chi connectivity index (χ3v) is 3.69. The maximum atomic E-state index is 11.1. The van der Waals surface area contributed by atoms with Crippen LogP contribution in [0.15, 0.2) is 5.38 Å². The molecule has 16 heavy (non-hydrogen) atoms. The number of anilines is 1. The zero-order valence-corrected chi connectivity index (χ0v) is 10.7. The van der Waals surface area contributed by atoms with Gasteiger partial charge in [0, 0.05) is 11.9 Å². The Morgan fingerprint density at radius 2 is 2.31 bits per heavy atom. The standard InChI is InChI=1S/C11H18N2O2S/c1-4-8-6-16-10(13-8)12-7-11(3,5-2)9(14)15/h6H,4-5,7H2,1-3H3,(H,12,13)(H,14,15). The Hall–Kier alpha value is -1.10. The summed E-state index contributed by atoms with van der Waals surface area (Å²) in [5.74, 6) is -0.769. The van der Waals surface area contributed by atoms with Crippen molar-refractivity contribution in [1.82, 2.24) is 4.98 Å². The van der Waals surface area contributed by atoms with Crippen LogP contribution in [0.1, 0.15) is 32.9 Å². The van der Waals surface area contributed by atoms with Gasteiger partial charge >= 0.3 is 5.97 Å². The van der Waals surface area contributed by atoms with Crippen LogP contribution in [0.5, 0.6) is 0 Å². The Morgan fingerprint density at radius 1 is 1.62 bits per heavy atom. The maximum Gasteiger partial charge on any atom is 0.311 e. The van der Waals surface area contributed by atoms with E-state index in [1.54, 1.807) is 6.92 Å². The number of aliphatic carboxylic acids is 1. The lowest BCUT2D eigenvalue weighted by atomic mass is 9.88. The molecule has 0 aromatic carbocycles. The van der Waals surface area contributed by atoms with Gasteiger partial charge in [-0.15, -0.1) is 11.3 Å². The van der Waals surface area contributed by atoms with Crippen LogP contribution in [-0.4, -0.2) is 22.6 Å². The predicted octanol–water partition coefficient (Wildman–Crippen LogP) is 2.62. The van der Waals surface area contributed by atoms with E-state index in [2.05, 4.69) is 10.3 Å². The minimum absolute atomic E-state index is 0.412. The second-order valence-corrected chi connectivity index (χ2v) is 4.93. The molecule has 0 bridgehead atoms. The number of nitrogens with one attached hydrogen (secondary N) is 1. The highest BCUT2D eigenvalue weighted by Gasteiger charge is 2.30. The van der Waals surface area contributed by atoms with Gasteiger partial charge < -0.3 is 10.4 Å². The first-order valence-corrected chi connectivity index (χ1v) is 6.31. The van der Waals surface area contributed by atoms with Gasteiger partial charge in [-0.25, -0.2) is 4.98 Å². The first kappa shape index (κ1) is 13.0. The number of hydrogen-bond donors (Lipinski definition) is 2. The number of carbonyl (C=O) groups is 1. The molecule has 1 aromatic heterocycles. The van der Waals surface area contributed by atoms with Crippen molar-refractivity contribution >= 4 is 22.4 Å². The molecule has 90 valence electrons. The molecule has 1 aromatic rings. The number of carboxylic acid groups (broad SMARTS) is 1. The van der Waals surface area contributed by atoms with Crippen molar-refractivity contribution in [3.8, 4) is 0 Å². The molecule has 1 heterocycles. The molecule has 0 saturated heterocycles. The zero-order chi connectivity index (χ0) is 12.2. The molecule has 0 radical (unpaired) electrons. The second kappa shape index (κ2) is 5.30. The van der Waals surface area contributed by atoms with Crippen molar-refractivity contribution in [2.45, 2.75) is 33.6 Å². The highest BCUT2D eigenvalue weighted by molar-refractivity contribution is 7.13. The molecule has 0 saturated carbocycles. The van der Waals surface area contributed by atoms with Crippen LogP contribution in [0.4, 0.5) is 5.13 Å². The van der Waals surface area contributed by atoms with Crippen molar-refractivity contribution in [1.29, 1.82) is 0 Å². The van der Waals surface area contributed by atoms with E-state index in [-0.39, 0.29) is 0 Å². The number of nitrogens with zero attached hydrogens (tertiary/aromatic N) is 1. The average Bonchev–Trinajstić information content (AvgIpc) is 2.73. The highest BCUT2D eigenvalue weighted by atomic mass is 32.1. The highest BCUT2D eigenvalue weighted by Crippen LogP contribution is 2.23. The molecule has 2 N–H and O–H groups in total. The van der Waals surface area contributed by atoms with Crippen molar-refractivity contribution in [3.05, 3.63) is 11.1 Å². The molecule has 1 atom stereocenters. The van der Waals surface area contributed by atoms with E-state index in [4.69, 9.17) is 5.11 Å². The number of rotatable bonds is 6. The van der Waals surface area contributed by atoms with Gasteiger partial charge in [0.2, 0.25) is 0 Å². The molecular formula is C11H18N2O2S. The molecule has 0 amide bonds. The van der Waals surface area contributed by atoms with E-state index in [9.17, 15) is 4.79 Å². The fraction of sp³-hybridized carbons (Fsp3) is 0.636. The summed E-state index contributed by atoms with van der Waals surface area (Å²) in [7, 11) is 0. The van der Waals surface area contributed by atoms with E-state index in [0.717, 1.165) is 17.2 Å². The summed E-state index contributed by atoms with van der Waals surface area (Å²) in [5, 5.41) is 15.0. The molecule has 0 aliphatic rings. The van der Waals surface area contributed by atoms with Crippen LogP contribution < -0.4 is 5.32 Å². The minimum atomic E-state index is -0.769. The van der Waals surface area contributed by atoms with Crippen molar-refractivity contribution in [2.75, 3.05) is 11.9 Å². The Bertz CT molecular complexity index is 365. The van der Waals surface area contributed by atoms with Gasteiger partial charge in [-0.3, -0.25) is 4.79 Å². The predicted molar refractivity (Wildman–Crippen MR) is 66.0 cm³/mol. The zero-order valence-electron chi connectivity index (χ0n) is 9.91. The molecule has 0 spiro atoms. The largest absolute Gasteiger partial charge is 0.481 e. The number of aromatic nitrogens is 1. The number of thiazole rings is 1. The average molecular weight is 242 g/mol. The van der Waals surface area contributed by atoms with Crippen LogP contribution in [0.3, 0.4) is 0 Å². The summed E-state index contributed by atoms with van der Waals surface area (Å²) >= 11 is 1.52. The summed E-state index contributed by atoms with van der Waals surface area (Å²) < 4.78 is 0. The topological polar surface area (TPSA) is 62.2 Å². The first-order valence-electron chi connectivity index (χ1n) is 5.43. The fourth-order valence-corrected chi connectivity index (χ4v) is 1.97. The lowest BCUT2D eigenvalue weighted by molar-refractivity contribution is -0.147. The van der Waals surface area contributed by atoms with Gasteiger partial charge in [-0.2, -0.15) is 0 Å². The molecule has 0 fully saturated rings. The van der Waals surface area contributed by atoms with E-state index in [0.29, 0.717) is 13.0 Å². The first-order chi connectivity index (χ1) is 7.51. The van der Waals surface area contributed by atoms with E-state index < -0.39 is 11.4 Å². The Kier molecular flexibility index (Phi) is 4.29. The number of carboxylic acids is 1. The summed E-state index contributed by atoms with van der Waals surface area (Å²) in [5.41, 5.74) is 0.318. The lowest BCUT2D eigenvalue weighted by Crippen LogP contribution is -2.34. The summed E-state index contributed by atoms with van der Waals surface area (Å²) in [6.07, 6.45) is 1.50. The minimum Gasteiger partial charge on any atom is -0.481 e. The Balaban J connectivity index is 2.59. The number of hydrogen-bond acceptors (Lipinski definition) is 4. The van der Waals surface area contributed by atoms with Crippen LogP contribution in [0.25, 0.3) is 0 Å². The van der Waals surface area contributed by atoms with E-state index >= 15 is 0 Å². The van der Waals surface area contributed by atoms with Gasteiger partial charge in [0.25, 0.3) is 0 Å². The fourth-order valence-electron chi connectivity index (χ4n) is 1.17. The van der Waals surface area contributed by atoms with Crippen LogP contribution >= 0.6 is 11.3 Å². The third-order valence-electron chi connectivity index (χ3n) is 2.84. The van der Waals surface area contributed by atoms with Gasteiger partial charge in [0.1, 0.15) is 0 Å². The Labute approximate surface area is 99.7 Å². The van der Waals surface area contributed by atoms with E-state index in [1.807, 2.05) is 19.2 Å². The van der Waals surface area contributed by atoms with Gasteiger partial charge in [0.05, 0.1) is 11.1 Å². The van der Waals surface area contributed by atoms with Crippen molar-refractivity contribution < 1.29 is 9.90 Å². The molecule has 0 aliphatic carbocycles. The van der Waals surface area contributed by atoms with Crippen LogP contribution in [0, 0.1) is 5.41 Å². The Morgan fingerprint density at radius 3 is 2.75 bits per heavy atom. The van der Waals surface area contributed by atoms with Gasteiger partial charge in [0.15, 0.2) is 5.13 Å². The monoisotopic (exact) mass is 242 g/mol. The normalized spacial score (nSPS) is 14.4. The molecule has 5 heteroatoms. The van der Waals surface area contributed by atoms with Gasteiger partial charge in [-0.1, -0.05) is 13.8 Å². The van der Waals surface area contributed by atoms with Crippen LogP contribution in [0.2, 0.25) is 0 Å². The summed E-state index contributed by atoms with van der Waals surface area (Å²) in [4.78, 5) is 15.4. The quantitative estimate of drug-likeness (QED) is 0.805. The second-order valence-electron chi connectivity index (χ2n) is 4.07.